The molecule has 1 saturated heterocycles. The van der Waals surface area contributed by atoms with Crippen LogP contribution >= 0.6 is 27.7 Å². The van der Waals surface area contributed by atoms with Gasteiger partial charge in [0.25, 0.3) is 0 Å². The first kappa shape index (κ1) is 11.2. The largest absolute Gasteiger partial charge is 0.354 e. The fourth-order valence-electron chi connectivity index (χ4n) is 1.71. The van der Waals surface area contributed by atoms with Crippen molar-refractivity contribution in [2.45, 2.75) is 18.6 Å². The zero-order valence-electron chi connectivity index (χ0n) is 8.90. The van der Waals surface area contributed by atoms with Gasteiger partial charge in [0, 0.05) is 29.7 Å². The van der Waals surface area contributed by atoms with E-state index in [4.69, 9.17) is 0 Å². The maximum absolute atomic E-state index is 4.30. The van der Waals surface area contributed by atoms with E-state index in [0.29, 0.717) is 4.75 Å². The molecule has 1 aromatic rings. The van der Waals surface area contributed by atoms with Crippen molar-refractivity contribution < 1.29 is 0 Å². The topological polar surface area (TPSA) is 29.0 Å². The van der Waals surface area contributed by atoms with E-state index >= 15 is 0 Å². The quantitative estimate of drug-likeness (QED) is 0.743. The lowest BCUT2D eigenvalue weighted by Crippen LogP contribution is -2.43. The number of thioether (sulfide) groups is 1. The van der Waals surface area contributed by atoms with Gasteiger partial charge in [0.15, 0.2) is 0 Å². The molecule has 15 heavy (non-hydrogen) atoms. The first-order valence-corrected chi connectivity index (χ1v) is 6.71. The van der Waals surface area contributed by atoms with Crippen molar-refractivity contribution in [3.63, 3.8) is 0 Å². The Morgan fingerprint density at radius 2 is 2.27 bits per heavy atom. The molecule has 2 heterocycles. The van der Waals surface area contributed by atoms with Gasteiger partial charge in [-0.3, -0.25) is 0 Å². The Hall–Kier alpha value is -0.290. The summed E-state index contributed by atoms with van der Waals surface area (Å²) in [5.41, 5.74) is 0. The summed E-state index contributed by atoms with van der Waals surface area (Å²) in [6.45, 7) is 6.67. The summed E-state index contributed by atoms with van der Waals surface area (Å²) < 4.78 is 1.17. The fraction of sp³-hybridized carbons (Fsp3) is 0.600. The average Bonchev–Trinajstić information content (AvgIpc) is 2.16. The van der Waals surface area contributed by atoms with Gasteiger partial charge in [0.2, 0.25) is 0 Å². The summed E-state index contributed by atoms with van der Waals surface area (Å²) in [7, 11) is 0. The van der Waals surface area contributed by atoms with Gasteiger partial charge in [-0.1, -0.05) is 0 Å². The normalized spacial score (nSPS) is 20.3. The van der Waals surface area contributed by atoms with E-state index in [1.165, 1.54) is 0 Å². The summed E-state index contributed by atoms with van der Waals surface area (Å²) in [5, 5.41) is 0. The summed E-state index contributed by atoms with van der Waals surface area (Å²) in [6, 6.07) is 1.98. The number of rotatable bonds is 1. The average molecular weight is 288 g/mol. The highest BCUT2D eigenvalue weighted by atomic mass is 79.9. The van der Waals surface area contributed by atoms with Gasteiger partial charge in [-0.2, -0.15) is 11.8 Å². The molecule has 0 unspecified atom stereocenters. The molecule has 0 aromatic carbocycles. The second kappa shape index (κ2) is 4.29. The Kier molecular flexibility index (Phi) is 3.21. The highest BCUT2D eigenvalue weighted by Gasteiger charge is 2.27. The second-order valence-corrected chi connectivity index (χ2v) is 6.84. The third-order valence-corrected chi connectivity index (χ3v) is 4.10. The van der Waals surface area contributed by atoms with E-state index in [-0.39, 0.29) is 0 Å². The van der Waals surface area contributed by atoms with Crippen LogP contribution in [0.5, 0.6) is 0 Å². The number of aromatic nitrogens is 2. The van der Waals surface area contributed by atoms with Crippen molar-refractivity contribution in [1.29, 1.82) is 0 Å². The zero-order valence-corrected chi connectivity index (χ0v) is 11.3. The van der Waals surface area contributed by atoms with Crippen LogP contribution in [0.25, 0.3) is 0 Å². The summed E-state index contributed by atoms with van der Waals surface area (Å²) in [5.74, 6) is 2.18. The predicted octanol–water partition coefficient (Wildman–Crippen LogP) is 2.57. The van der Waals surface area contributed by atoms with E-state index in [2.05, 4.69) is 44.6 Å². The lowest BCUT2D eigenvalue weighted by atomic mass is 10.2. The van der Waals surface area contributed by atoms with Gasteiger partial charge in [-0.15, -0.1) is 0 Å². The molecule has 1 fully saturated rings. The van der Waals surface area contributed by atoms with Crippen LogP contribution in [0, 0.1) is 0 Å². The Balaban J connectivity index is 2.17. The van der Waals surface area contributed by atoms with Crippen LogP contribution in [0.3, 0.4) is 0 Å². The molecule has 0 aliphatic carbocycles. The number of hydrogen-bond donors (Lipinski definition) is 0. The van der Waals surface area contributed by atoms with Gasteiger partial charge in [-0.25, -0.2) is 9.97 Å². The van der Waals surface area contributed by atoms with Crippen LogP contribution in [-0.2, 0) is 0 Å². The molecule has 5 heteroatoms. The smallest absolute Gasteiger partial charge is 0.133 e. The minimum absolute atomic E-state index is 0.315. The van der Waals surface area contributed by atoms with E-state index in [1.807, 2.05) is 17.8 Å². The fourth-order valence-corrected chi connectivity index (χ4v) is 3.12. The third kappa shape index (κ3) is 2.84. The number of anilines is 1. The van der Waals surface area contributed by atoms with Crippen molar-refractivity contribution in [2.75, 3.05) is 23.7 Å². The van der Waals surface area contributed by atoms with Crippen LogP contribution in [0.4, 0.5) is 5.82 Å². The lowest BCUT2D eigenvalue weighted by Gasteiger charge is -2.38. The van der Waals surface area contributed by atoms with Crippen molar-refractivity contribution in [2.24, 2.45) is 0 Å². The summed E-state index contributed by atoms with van der Waals surface area (Å²) >= 11 is 5.40. The van der Waals surface area contributed by atoms with Gasteiger partial charge in [0.05, 0.1) is 0 Å². The van der Waals surface area contributed by atoms with Crippen molar-refractivity contribution >= 4 is 33.5 Å². The molecule has 0 N–H and O–H groups in total. The molecule has 1 aliphatic rings. The zero-order chi connectivity index (χ0) is 10.9. The molecule has 1 aromatic heterocycles. The van der Waals surface area contributed by atoms with E-state index in [1.54, 1.807) is 6.33 Å². The predicted molar refractivity (Wildman–Crippen MR) is 68.5 cm³/mol. The molecule has 0 saturated carbocycles. The number of halogens is 1. The highest BCUT2D eigenvalue weighted by Crippen LogP contribution is 2.31. The van der Waals surface area contributed by atoms with Crippen molar-refractivity contribution in [3.05, 3.63) is 17.0 Å². The molecule has 0 atom stereocenters. The van der Waals surface area contributed by atoms with Gasteiger partial charge in [0.1, 0.15) is 16.7 Å². The van der Waals surface area contributed by atoms with Crippen LogP contribution in [0.1, 0.15) is 13.8 Å². The van der Waals surface area contributed by atoms with Crippen LogP contribution in [-0.4, -0.2) is 33.6 Å². The lowest BCUT2D eigenvalue weighted by molar-refractivity contribution is 0.641. The highest BCUT2D eigenvalue weighted by molar-refractivity contribution is 9.10. The molecule has 0 bridgehead atoms. The van der Waals surface area contributed by atoms with Crippen LogP contribution < -0.4 is 4.90 Å². The molecule has 2 rings (SSSR count). The minimum Gasteiger partial charge on any atom is -0.354 e. The summed E-state index contributed by atoms with van der Waals surface area (Å²) in [4.78, 5) is 10.7. The van der Waals surface area contributed by atoms with E-state index in [9.17, 15) is 0 Å². The van der Waals surface area contributed by atoms with Crippen molar-refractivity contribution in [3.8, 4) is 0 Å². The molecule has 3 nitrogen and oxygen atoms in total. The van der Waals surface area contributed by atoms with E-state index < -0.39 is 0 Å². The molecule has 82 valence electrons. The van der Waals surface area contributed by atoms with Crippen molar-refractivity contribution in [1.82, 2.24) is 9.97 Å². The number of nitrogens with zero attached hydrogens (tertiary/aromatic N) is 3. The second-order valence-electron chi connectivity index (χ2n) is 4.23. The van der Waals surface area contributed by atoms with Crippen LogP contribution in [0.15, 0.2) is 17.0 Å². The van der Waals surface area contributed by atoms with Crippen LogP contribution in [0.2, 0.25) is 0 Å². The van der Waals surface area contributed by atoms with E-state index in [0.717, 1.165) is 29.3 Å². The molecule has 0 amide bonds. The SMILES string of the molecule is CC1(C)CN(c2cc(Br)ncn2)CCS1. The Morgan fingerprint density at radius 1 is 1.47 bits per heavy atom. The maximum atomic E-state index is 4.30. The third-order valence-electron chi connectivity index (χ3n) is 2.37. The molecule has 0 spiro atoms. The number of hydrogen-bond acceptors (Lipinski definition) is 4. The first-order chi connectivity index (χ1) is 7.07. The molecule has 1 aliphatic heterocycles. The molecular weight excluding hydrogens is 274 g/mol. The summed E-state index contributed by atoms with van der Waals surface area (Å²) in [6.07, 6.45) is 1.61. The first-order valence-electron chi connectivity index (χ1n) is 4.93. The molecule has 0 radical (unpaired) electrons. The Bertz CT molecular complexity index is 356. The Labute approximate surface area is 103 Å². The monoisotopic (exact) mass is 287 g/mol. The van der Waals surface area contributed by atoms with Gasteiger partial charge >= 0.3 is 0 Å². The molecular formula is C10H14BrN3S. The minimum atomic E-state index is 0.315. The standard InChI is InChI=1S/C10H14BrN3S/c1-10(2)6-14(3-4-15-10)9-5-8(11)12-7-13-9/h5,7H,3-4,6H2,1-2H3. The maximum Gasteiger partial charge on any atom is 0.133 e. The van der Waals surface area contributed by atoms with Gasteiger partial charge < -0.3 is 4.90 Å². The Morgan fingerprint density at radius 3 is 2.93 bits per heavy atom. The van der Waals surface area contributed by atoms with Gasteiger partial charge in [-0.05, 0) is 29.8 Å².